The fourth-order valence-corrected chi connectivity index (χ4v) is 1.92. The monoisotopic (exact) mass is 152 g/mol. The van der Waals surface area contributed by atoms with Crippen LogP contribution < -0.4 is 0 Å². The molecule has 0 bridgehead atoms. The van der Waals surface area contributed by atoms with E-state index in [1.807, 2.05) is 6.92 Å². The van der Waals surface area contributed by atoms with Gasteiger partial charge in [-0.2, -0.15) is 0 Å². The smallest absolute Gasteiger partial charge is 0.162 e. The summed E-state index contributed by atoms with van der Waals surface area (Å²) in [6.07, 6.45) is 0.979. The summed E-state index contributed by atoms with van der Waals surface area (Å²) in [5.41, 5.74) is 2.38. The Kier molecular flexibility index (Phi) is 2.17. The lowest BCUT2D eigenvalue weighted by Gasteiger charge is -2.06. The van der Waals surface area contributed by atoms with Gasteiger partial charge in [0.15, 0.2) is 5.78 Å². The van der Waals surface area contributed by atoms with Gasteiger partial charge in [0.25, 0.3) is 0 Å². The van der Waals surface area contributed by atoms with Gasteiger partial charge in [-0.05, 0) is 24.8 Å². The van der Waals surface area contributed by atoms with Gasteiger partial charge in [-0.3, -0.25) is 4.79 Å². The highest BCUT2D eigenvalue weighted by atomic mass is 16.1. The molecule has 0 aromatic heterocycles. The minimum absolute atomic E-state index is 0.243. The number of Topliss-reactive ketones (excluding diaryl/α,β-unsaturated/α-hetero) is 1. The molecule has 0 aromatic carbocycles. The molecule has 0 amide bonds. The summed E-state index contributed by atoms with van der Waals surface area (Å²) in [6, 6.07) is 0. The van der Waals surface area contributed by atoms with Crippen molar-refractivity contribution in [2.75, 3.05) is 0 Å². The fraction of sp³-hybridized carbons (Fsp3) is 0.700. The lowest BCUT2D eigenvalue weighted by atomic mass is 9.97. The molecule has 0 fully saturated rings. The second kappa shape index (κ2) is 2.80. The van der Waals surface area contributed by atoms with E-state index in [1.54, 1.807) is 0 Å². The minimum atomic E-state index is 0.243. The number of ketones is 1. The summed E-state index contributed by atoms with van der Waals surface area (Å²) in [4.78, 5) is 11.5. The molecule has 1 unspecified atom stereocenters. The Morgan fingerprint density at radius 2 is 2.00 bits per heavy atom. The average molecular weight is 152 g/mol. The van der Waals surface area contributed by atoms with Crippen molar-refractivity contribution in [3.63, 3.8) is 0 Å². The van der Waals surface area contributed by atoms with E-state index in [0.29, 0.717) is 11.7 Å². The third-order valence-electron chi connectivity index (χ3n) is 2.36. The molecule has 0 aliphatic heterocycles. The summed E-state index contributed by atoms with van der Waals surface area (Å²) in [7, 11) is 0. The van der Waals surface area contributed by atoms with Crippen LogP contribution in [0.4, 0.5) is 0 Å². The van der Waals surface area contributed by atoms with Crippen molar-refractivity contribution in [1.29, 1.82) is 0 Å². The Hall–Kier alpha value is -0.590. The Labute approximate surface area is 68.5 Å². The predicted octanol–water partition coefficient (Wildman–Crippen LogP) is 2.57. The van der Waals surface area contributed by atoms with Crippen LogP contribution in [0.25, 0.3) is 0 Å². The highest BCUT2D eigenvalue weighted by Gasteiger charge is 2.28. The van der Waals surface area contributed by atoms with Gasteiger partial charge in [0, 0.05) is 5.92 Å². The molecular weight excluding hydrogens is 136 g/mol. The molecule has 0 saturated carbocycles. The summed E-state index contributed by atoms with van der Waals surface area (Å²) >= 11 is 0. The van der Waals surface area contributed by atoms with Crippen molar-refractivity contribution in [2.45, 2.75) is 34.1 Å². The first-order chi connectivity index (χ1) is 5.04. The van der Waals surface area contributed by atoms with Gasteiger partial charge in [0.05, 0.1) is 0 Å². The molecule has 11 heavy (non-hydrogen) atoms. The van der Waals surface area contributed by atoms with Crippen LogP contribution in [0.5, 0.6) is 0 Å². The van der Waals surface area contributed by atoms with Crippen LogP contribution in [0.1, 0.15) is 34.1 Å². The molecule has 0 aromatic rings. The van der Waals surface area contributed by atoms with E-state index in [9.17, 15) is 4.79 Å². The van der Waals surface area contributed by atoms with Gasteiger partial charge in [-0.15, -0.1) is 0 Å². The van der Waals surface area contributed by atoms with Crippen molar-refractivity contribution < 1.29 is 4.79 Å². The van der Waals surface area contributed by atoms with Crippen LogP contribution in [-0.2, 0) is 4.79 Å². The molecule has 0 heterocycles. The van der Waals surface area contributed by atoms with Crippen LogP contribution in [0.2, 0.25) is 0 Å². The highest BCUT2D eigenvalue weighted by Crippen LogP contribution is 2.31. The summed E-state index contributed by atoms with van der Waals surface area (Å²) in [5.74, 6) is 1.03. The number of allylic oxidation sites excluding steroid dienone is 2. The molecule has 1 nitrogen and oxygen atoms in total. The van der Waals surface area contributed by atoms with Gasteiger partial charge in [-0.1, -0.05) is 26.3 Å². The van der Waals surface area contributed by atoms with E-state index in [0.717, 1.165) is 12.0 Å². The Bertz CT molecular complexity index is 211. The zero-order valence-corrected chi connectivity index (χ0v) is 7.77. The SMILES string of the molecule is CC1=C(C(C)C)C(=O)C(C)C1. The first kappa shape index (κ1) is 8.51. The largest absolute Gasteiger partial charge is 0.294 e. The van der Waals surface area contributed by atoms with Crippen LogP contribution in [0.15, 0.2) is 11.1 Å². The molecular formula is C10H16O. The molecule has 0 radical (unpaired) electrons. The zero-order chi connectivity index (χ0) is 8.59. The number of hydrogen-bond acceptors (Lipinski definition) is 1. The quantitative estimate of drug-likeness (QED) is 0.564. The predicted molar refractivity (Wildman–Crippen MR) is 46.3 cm³/mol. The second-order valence-corrected chi connectivity index (χ2v) is 3.82. The van der Waals surface area contributed by atoms with Gasteiger partial charge in [-0.25, -0.2) is 0 Å². The first-order valence-corrected chi connectivity index (χ1v) is 4.28. The lowest BCUT2D eigenvalue weighted by molar-refractivity contribution is -0.118. The number of carbonyl (C=O) groups is 1. The summed E-state index contributed by atoms with van der Waals surface area (Å²) in [6.45, 7) is 8.28. The Morgan fingerprint density at radius 1 is 1.45 bits per heavy atom. The third kappa shape index (κ3) is 1.37. The minimum Gasteiger partial charge on any atom is -0.294 e. The van der Waals surface area contributed by atoms with Crippen molar-refractivity contribution in [3.8, 4) is 0 Å². The van der Waals surface area contributed by atoms with Crippen molar-refractivity contribution >= 4 is 5.78 Å². The van der Waals surface area contributed by atoms with Crippen LogP contribution in [0.3, 0.4) is 0 Å². The van der Waals surface area contributed by atoms with E-state index >= 15 is 0 Å². The van der Waals surface area contributed by atoms with Crippen LogP contribution in [0, 0.1) is 11.8 Å². The van der Waals surface area contributed by atoms with Gasteiger partial charge in [0.1, 0.15) is 0 Å². The number of hydrogen-bond donors (Lipinski definition) is 0. The Morgan fingerprint density at radius 3 is 2.18 bits per heavy atom. The van der Waals surface area contributed by atoms with Crippen molar-refractivity contribution in [3.05, 3.63) is 11.1 Å². The van der Waals surface area contributed by atoms with Crippen LogP contribution >= 0.6 is 0 Å². The van der Waals surface area contributed by atoms with E-state index in [1.165, 1.54) is 5.57 Å². The third-order valence-corrected chi connectivity index (χ3v) is 2.36. The maximum Gasteiger partial charge on any atom is 0.162 e. The molecule has 0 spiro atoms. The van der Waals surface area contributed by atoms with Gasteiger partial charge >= 0.3 is 0 Å². The van der Waals surface area contributed by atoms with E-state index < -0.39 is 0 Å². The van der Waals surface area contributed by atoms with Crippen molar-refractivity contribution in [2.24, 2.45) is 11.8 Å². The topological polar surface area (TPSA) is 17.1 Å². The lowest BCUT2D eigenvalue weighted by Crippen LogP contribution is -2.09. The normalized spacial score (nSPS) is 25.5. The molecule has 1 atom stereocenters. The Balaban J connectivity index is 2.92. The van der Waals surface area contributed by atoms with E-state index in [4.69, 9.17) is 0 Å². The van der Waals surface area contributed by atoms with Gasteiger partial charge < -0.3 is 0 Å². The number of carbonyl (C=O) groups excluding carboxylic acids is 1. The molecule has 1 heteroatoms. The molecule has 1 aliphatic carbocycles. The highest BCUT2D eigenvalue weighted by molar-refractivity contribution is 6.00. The molecule has 1 aliphatic rings. The van der Waals surface area contributed by atoms with Gasteiger partial charge in [0.2, 0.25) is 0 Å². The molecule has 0 N–H and O–H groups in total. The molecule has 62 valence electrons. The first-order valence-electron chi connectivity index (χ1n) is 4.28. The molecule has 0 saturated heterocycles. The number of rotatable bonds is 1. The molecule has 1 rings (SSSR count). The standard InChI is InChI=1S/C10H16O/c1-6(2)9-7(3)5-8(4)10(9)11/h6,8H,5H2,1-4H3. The second-order valence-electron chi connectivity index (χ2n) is 3.82. The zero-order valence-electron chi connectivity index (χ0n) is 7.77. The maximum absolute atomic E-state index is 11.5. The summed E-state index contributed by atoms with van der Waals surface area (Å²) in [5, 5.41) is 0. The van der Waals surface area contributed by atoms with E-state index in [-0.39, 0.29) is 5.92 Å². The average Bonchev–Trinajstić information content (AvgIpc) is 2.07. The fourth-order valence-electron chi connectivity index (χ4n) is 1.92. The van der Waals surface area contributed by atoms with Crippen molar-refractivity contribution in [1.82, 2.24) is 0 Å². The maximum atomic E-state index is 11.5. The van der Waals surface area contributed by atoms with E-state index in [2.05, 4.69) is 20.8 Å². The summed E-state index contributed by atoms with van der Waals surface area (Å²) < 4.78 is 0. The van der Waals surface area contributed by atoms with Crippen LogP contribution in [-0.4, -0.2) is 5.78 Å².